The Morgan fingerprint density at radius 1 is 1.43 bits per heavy atom. The molecule has 0 aromatic heterocycles. The number of likely N-dealkylation sites (tertiary alicyclic amines) is 1. The molecular weight excluding hydrogens is 294 g/mol. The number of hydrogen-bond acceptors (Lipinski definition) is 5. The van der Waals surface area contributed by atoms with E-state index in [0.29, 0.717) is 25.3 Å². The normalized spacial score (nSPS) is 23.0. The van der Waals surface area contributed by atoms with Crippen LogP contribution in [0.4, 0.5) is 0 Å². The zero-order chi connectivity index (χ0) is 17.6. The van der Waals surface area contributed by atoms with Gasteiger partial charge in [0.1, 0.15) is 6.04 Å². The average Bonchev–Trinajstić information content (AvgIpc) is 2.88. The molecule has 1 rings (SSSR count). The molecule has 1 amide bonds. The van der Waals surface area contributed by atoms with E-state index in [9.17, 15) is 15.2 Å². The molecule has 132 valence electrons. The molecule has 2 unspecified atom stereocenters. The SMILES string of the molecule is CC(C)C(C)(C)CC1CCC(C(=O)NCC[C@@H](O)CO)N1C#N. The summed E-state index contributed by atoms with van der Waals surface area (Å²) in [7, 11) is 0. The largest absolute Gasteiger partial charge is 0.394 e. The number of nitrogens with zero attached hydrogens (tertiary/aromatic N) is 2. The summed E-state index contributed by atoms with van der Waals surface area (Å²) < 4.78 is 0. The maximum absolute atomic E-state index is 12.3. The Morgan fingerprint density at radius 2 is 2.09 bits per heavy atom. The first-order chi connectivity index (χ1) is 10.7. The molecule has 23 heavy (non-hydrogen) atoms. The summed E-state index contributed by atoms with van der Waals surface area (Å²) >= 11 is 0. The van der Waals surface area contributed by atoms with Gasteiger partial charge < -0.3 is 15.5 Å². The van der Waals surface area contributed by atoms with Crippen molar-refractivity contribution in [1.82, 2.24) is 10.2 Å². The lowest BCUT2D eigenvalue weighted by Crippen LogP contribution is -2.45. The van der Waals surface area contributed by atoms with Crippen LogP contribution in [0.1, 0.15) is 53.4 Å². The van der Waals surface area contributed by atoms with Crippen LogP contribution in [0.5, 0.6) is 0 Å². The molecule has 3 N–H and O–H groups in total. The first-order valence-electron chi connectivity index (χ1n) is 8.47. The molecule has 0 radical (unpaired) electrons. The molecule has 1 heterocycles. The van der Waals surface area contributed by atoms with Gasteiger partial charge in [-0.3, -0.25) is 9.69 Å². The van der Waals surface area contributed by atoms with Gasteiger partial charge >= 0.3 is 0 Å². The minimum absolute atomic E-state index is 0.108. The van der Waals surface area contributed by atoms with E-state index in [1.807, 2.05) is 0 Å². The molecule has 1 aliphatic heterocycles. The highest BCUT2D eigenvalue weighted by Gasteiger charge is 2.40. The van der Waals surface area contributed by atoms with Gasteiger partial charge in [-0.05, 0) is 37.0 Å². The van der Waals surface area contributed by atoms with Crippen LogP contribution >= 0.6 is 0 Å². The van der Waals surface area contributed by atoms with Gasteiger partial charge in [0.2, 0.25) is 5.91 Å². The van der Waals surface area contributed by atoms with E-state index < -0.39 is 12.1 Å². The topological polar surface area (TPSA) is 96.6 Å². The number of carbonyl (C=O) groups is 1. The predicted molar refractivity (Wildman–Crippen MR) is 88.2 cm³/mol. The monoisotopic (exact) mass is 325 g/mol. The number of aliphatic hydroxyl groups excluding tert-OH is 2. The number of amides is 1. The molecule has 0 aliphatic carbocycles. The highest BCUT2D eigenvalue weighted by molar-refractivity contribution is 5.82. The van der Waals surface area contributed by atoms with Crippen molar-refractivity contribution in [2.45, 2.75) is 71.6 Å². The summed E-state index contributed by atoms with van der Waals surface area (Å²) in [5.41, 5.74) is 0.121. The predicted octanol–water partition coefficient (Wildman–Crippen LogP) is 1.23. The van der Waals surface area contributed by atoms with Gasteiger partial charge in [-0.2, -0.15) is 5.26 Å². The molecule has 0 spiro atoms. The molecule has 0 bridgehead atoms. The molecule has 0 aromatic carbocycles. The highest BCUT2D eigenvalue weighted by Crippen LogP contribution is 2.37. The summed E-state index contributed by atoms with van der Waals surface area (Å²) in [6.45, 7) is 8.77. The maximum Gasteiger partial charge on any atom is 0.243 e. The van der Waals surface area contributed by atoms with Crippen molar-refractivity contribution in [2.75, 3.05) is 13.2 Å². The fourth-order valence-electron chi connectivity index (χ4n) is 2.91. The standard InChI is InChI=1S/C17H31N3O3/c1-12(2)17(3,4)9-13-5-6-15(20(13)11-18)16(23)19-8-7-14(22)10-21/h12-15,21-22H,5-10H2,1-4H3,(H,19,23)/t13?,14-,15?/m1/s1. The number of aliphatic hydroxyl groups is 2. The van der Waals surface area contributed by atoms with E-state index >= 15 is 0 Å². The Morgan fingerprint density at radius 3 is 2.61 bits per heavy atom. The van der Waals surface area contributed by atoms with Crippen molar-refractivity contribution in [3.8, 4) is 6.19 Å². The van der Waals surface area contributed by atoms with Crippen molar-refractivity contribution >= 4 is 5.91 Å². The minimum Gasteiger partial charge on any atom is -0.394 e. The van der Waals surface area contributed by atoms with Gasteiger partial charge in [-0.1, -0.05) is 27.7 Å². The van der Waals surface area contributed by atoms with Gasteiger partial charge in [-0.25, -0.2) is 0 Å². The molecule has 0 aromatic rings. The van der Waals surface area contributed by atoms with E-state index in [0.717, 1.165) is 12.8 Å². The van der Waals surface area contributed by atoms with Crippen LogP contribution < -0.4 is 5.32 Å². The smallest absolute Gasteiger partial charge is 0.243 e. The van der Waals surface area contributed by atoms with Crippen molar-refractivity contribution in [3.63, 3.8) is 0 Å². The first-order valence-corrected chi connectivity index (χ1v) is 8.47. The number of rotatable bonds is 8. The second-order valence-electron chi connectivity index (χ2n) is 7.52. The second-order valence-corrected chi connectivity index (χ2v) is 7.52. The van der Waals surface area contributed by atoms with E-state index in [-0.39, 0.29) is 24.0 Å². The zero-order valence-electron chi connectivity index (χ0n) is 14.7. The summed E-state index contributed by atoms with van der Waals surface area (Å²) in [6, 6.07) is -0.310. The summed E-state index contributed by atoms with van der Waals surface area (Å²) in [5.74, 6) is 0.345. The van der Waals surface area contributed by atoms with E-state index in [4.69, 9.17) is 5.11 Å². The number of nitriles is 1. The zero-order valence-corrected chi connectivity index (χ0v) is 14.7. The third-order valence-corrected chi connectivity index (χ3v) is 5.23. The molecule has 6 nitrogen and oxygen atoms in total. The van der Waals surface area contributed by atoms with Gasteiger partial charge in [0.15, 0.2) is 6.19 Å². The molecule has 1 fully saturated rings. The van der Waals surface area contributed by atoms with Crippen LogP contribution in [0.15, 0.2) is 0 Å². The van der Waals surface area contributed by atoms with Gasteiger partial charge in [0, 0.05) is 12.6 Å². The van der Waals surface area contributed by atoms with Crippen LogP contribution in [-0.4, -0.2) is 52.4 Å². The number of nitrogens with one attached hydrogen (secondary N) is 1. The Balaban J connectivity index is 2.59. The first kappa shape index (κ1) is 19.7. The average molecular weight is 325 g/mol. The summed E-state index contributed by atoms with van der Waals surface area (Å²) in [6.07, 6.45) is 4.12. The minimum atomic E-state index is -0.814. The lowest BCUT2D eigenvalue weighted by Gasteiger charge is -2.34. The van der Waals surface area contributed by atoms with E-state index in [1.165, 1.54) is 0 Å². The lowest BCUT2D eigenvalue weighted by atomic mass is 9.76. The maximum atomic E-state index is 12.3. The molecule has 6 heteroatoms. The second kappa shape index (κ2) is 8.51. The Hall–Kier alpha value is -1.32. The Labute approximate surface area is 139 Å². The molecule has 1 aliphatic rings. The fourth-order valence-corrected chi connectivity index (χ4v) is 2.91. The number of hydrogen-bond donors (Lipinski definition) is 3. The van der Waals surface area contributed by atoms with Gasteiger partial charge in [-0.15, -0.1) is 0 Å². The van der Waals surface area contributed by atoms with Crippen LogP contribution in [0.25, 0.3) is 0 Å². The Bertz CT molecular complexity index is 431. The van der Waals surface area contributed by atoms with Crippen molar-refractivity contribution < 1.29 is 15.0 Å². The van der Waals surface area contributed by atoms with E-state index in [2.05, 4.69) is 39.2 Å². The van der Waals surface area contributed by atoms with Crippen molar-refractivity contribution in [3.05, 3.63) is 0 Å². The van der Waals surface area contributed by atoms with Gasteiger partial charge in [0.05, 0.1) is 12.7 Å². The molecule has 3 atom stereocenters. The Kier molecular flexibility index (Phi) is 7.30. The fraction of sp³-hybridized carbons (Fsp3) is 0.882. The van der Waals surface area contributed by atoms with Crippen LogP contribution in [0.2, 0.25) is 0 Å². The van der Waals surface area contributed by atoms with Crippen LogP contribution in [0, 0.1) is 22.8 Å². The lowest BCUT2D eigenvalue weighted by molar-refractivity contribution is -0.125. The quantitative estimate of drug-likeness (QED) is 0.583. The third-order valence-electron chi connectivity index (χ3n) is 5.23. The number of carbonyl (C=O) groups excluding carboxylic acids is 1. The van der Waals surface area contributed by atoms with Crippen LogP contribution in [-0.2, 0) is 4.79 Å². The molecule has 0 saturated carbocycles. The summed E-state index contributed by atoms with van der Waals surface area (Å²) in [4.78, 5) is 13.9. The van der Waals surface area contributed by atoms with Crippen molar-refractivity contribution in [1.29, 1.82) is 5.26 Å². The van der Waals surface area contributed by atoms with Crippen LogP contribution in [0.3, 0.4) is 0 Å². The summed E-state index contributed by atoms with van der Waals surface area (Å²) in [5, 5.41) is 30.3. The van der Waals surface area contributed by atoms with Gasteiger partial charge in [0.25, 0.3) is 0 Å². The van der Waals surface area contributed by atoms with E-state index in [1.54, 1.807) is 4.90 Å². The van der Waals surface area contributed by atoms with Crippen molar-refractivity contribution in [2.24, 2.45) is 11.3 Å². The molecule has 1 saturated heterocycles. The molecular formula is C17H31N3O3. The highest BCUT2D eigenvalue weighted by atomic mass is 16.3. The third kappa shape index (κ3) is 5.36.